The zero-order valence-corrected chi connectivity index (χ0v) is 9.12. The van der Waals surface area contributed by atoms with Crippen molar-refractivity contribution in [3.05, 3.63) is 41.4 Å². The van der Waals surface area contributed by atoms with Gasteiger partial charge in [-0.25, -0.2) is 4.99 Å². The van der Waals surface area contributed by atoms with Crippen molar-refractivity contribution < 1.29 is 29.0 Å². The summed E-state index contributed by atoms with van der Waals surface area (Å²) in [5.74, 6) is 0.0107. The summed E-state index contributed by atoms with van der Waals surface area (Å²) >= 11 is 1.49. The predicted molar refractivity (Wildman–Crippen MR) is 53.8 cm³/mol. The third-order valence-corrected chi connectivity index (χ3v) is 2.41. The van der Waals surface area contributed by atoms with Gasteiger partial charge in [0.1, 0.15) is 0 Å². The second-order valence-electron chi connectivity index (χ2n) is 2.66. The van der Waals surface area contributed by atoms with Gasteiger partial charge < -0.3 is 5.11 Å². The molecular formula is C10H8LiN2OS+. The van der Waals surface area contributed by atoms with Crippen LogP contribution in [0.4, 0.5) is 5.13 Å². The number of thiazole rings is 1. The number of benzene rings is 1. The zero-order chi connectivity index (χ0) is 9.80. The van der Waals surface area contributed by atoms with Crippen molar-refractivity contribution in [2.75, 3.05) is 0 Å². The molecule has 0 aliphatic carbocycles. The first-order valence-electron chi connectivity index (χ1n) is 4.11. The molecule has 0 bridgehead atoms. The van der Waals surface area contributed by atoms with E-state index in [0.717, 1.165) is 5.13 Å². The maximum Gasteiger partial charge on any atom is 1.00 e. The van der Waals surface area contributed by atoms with Gasteiger partial charge >= 0.3 is 24.0 Å². The van der Waals surface area contributed by atoms with Crippen molar-refractivity contribution in [3.63, 3.8) is 0 Å². The van der Waals surface area contributed by atoms with Crippen LogP contribution in [-0.4, -0.2) is 11.2 Å². The van der Waals surface area contributed by atoms with Gasteiger partial charge in [0, 0.05) is 10.9 Å². The monoisotopic (exact) mass is 211 g/mol. The van der Waals surface area contributed by atoms with E-state index < -0.39 is 0 Å². The second kappa shape index (κ2) is 5.71. The van der Waals surface area contributed by atoms with Crippen LogP contribution in [0.5, 0.6) is 5.75 Å². The molecule has 1 heterocycles. The number of nitrogens with one attached hydrogen (secondary N) is 1. The fourth-order valence-corrected chi connectivity index (χ4v) is 1.53. The third kappa shape index (κ3) is 3.21. The quantitative estimate of drug-likeness (QED) is 0.426. The molecule has 0 saturated carbocycles. The molecule has 70 valence electrons. The SMILES string of the molecule is [Li+].[O-]c1ccccc1/C=[NH+]/c1nccs1. The van der Waals surface area contributed by atoms with E-state index in [1.165, 1.54) is 17.4 Å². The minimum atomic E-state index is 0. The van der Waals surface area contributed by atoms with E-state index in [-0.39, 0.29) is 24.6 Å². The van der Waals surface area contributed by atoms with Gasteiger partial charge in [0.2, 0.25) is 0 Å². The van der Waals surface area contributed by atoms with Crippen molar-refractivity contribution in [3.8, 4) is 5.75 Å². The number of para-hydroxylation sites is 1. The Morgan fingerprint density at radius 2 is 2.13 bits per heavy atom. The van der Waals surface area contributed by atoms with Crippen LogP contribution in [0.1, 0.15) is 5.56 Å². The van der Waals surface area contributed by atoms with Crippen LogP contribution in [-0.2, 0) is 0 Å². The molecule has 0 aliphatic rings. The van der Waals surface area contributed by atoms with E-state index in [1.807, 2.05) is 11.4 Å². The molecule has 2 rings (SSSR count). The van der Waals surface area contributed by atoms with Crippen molar-refractivity contribution >= 4 is 22.7 Å². The number of hydrogen-bond donors (Lipinski definition) is 1. The summed E-state index contributed by atoms with van der Waals surface area (Å²) in [6, 6.07) is 6.86. The number of aromatic nitrogens is 1. The first-order chi connectivity index (χ1) is 6.86. The van der Waals surface area contributed by atoms with Crippen LogP contribution in [0.25, 0.3) is 0 Å². The molecular weight excluding hydrogens is 203 g/mol. The number of rotatable bonds is 2. The summed E-state index contributed by atoms with van der Waals surface area (Å²) < 4.78 is 0. The molecule has 0 aliphatic heterocycles. The maximum absolute atomic E-state index is 11.3. The van der Waals surface area contributed by atoms with Gasteiger partial charge in [0.15, 0.2) is 6.20 Å². The molecule has 0 saturated heterocycles. The van der Waals surface area contributed by atoms with E-state index in [9.17, 15) is 5.11 Å². The van der Waals surface area contributed by atoms with Gasteiger partial charge in [-0.05, 0) is 4.98 Å². The molecule has 0 fully saturated rings. The summed E-state index contributed by atoms with van der Waals surface area (Å²) in [6.45, 7) is 0. The minimum absolute atomic E-state index is 0. The molecule has 1 N–H and O–H groups in total. The molecule has 0 amide bonds. The molecule has 3 nitrogen and oxygen atoms in total. The van der Waals surface area contributed by atoms with E-state index in [4.69, 9.17) is 0 Å². The van der Waals surface area contributed by atoms with E-state index >= 15 is 0 Å². The Balaban J connectivity index is 0.00000112. The topological polar surface area (TPSA) is 49.9 Å². The van der Waals surface area contributed by atoms with Crippen LogP contribution >= 0.6 is 11.3 Å². The average molecular weight is 211 g/mol. The van der Waals surface area contributed by atoms with Crippen LogP contribution in [0.15, 0.2) is 35.8 Å². The Hall–Kier alpha value is -1.08. The van der Waals surface area contributed by atoms with Crippen molar-refractivity contribution in [2.45, 2.75) is 0 Å². The Kier molecular flexibility index (Phi) is 4.57. The number of hydrogen-bond acceptors (Lipinski definition) is 3. The Bertz CT molecular complexity index is 442. The summed E-state index contributed by atoms with van der Waals surface area (Å²) in [5, 5.41) is 14.0. The summed E-state index contributed by atoms with van der Waals surface area (Å²) in [6.07, 6.45) is 3.38. The first kappa shape index (κ1) is 12.0. The molecule has 0 radical (unpaired) electrons. The van der Waals surface area contributed by atoms with Crippen LogP contribution in [0.3, 0.4) is 0 Å². The molecule has 2 aromatic rings. The van der Waals surface area contributed by atoms with E-state index in [0.29, 0.717) is 5.56 Å². The van der Waals surface area contributed by atoms with Gasteiger partial charge in [-0.3, -0.25) is 0 Å². The molecule has 15 heavy (non-hydrogen) atoms. The van der Waals surface area contributed by atoms with Gasteiger partial charge in [-0.2, -0.15) is 0 Å². The molecule has 5 heteroatoms. The Morgan fingerprint density at radius 3 is 2.80 bits per heavy atom. The third-order valence-electron chi connectivity index (χ3n) is 1.70. The van der Waals surface area contributed by atoms with Gasteiger partial charge in [-0.1, -0.05) is 41.4 Å². The predicted octanol–water partition coefficient (Wildman–Crippen LogP) is -2.95. The molecule has 1 aromatic carbocycles. The largest absolute Gasteiger partial charge is 1.00 e. The molecule has 0 spiro atoms. The van der Waals surface area contributed by atoms with Gasteiger partial charge in [0.05, 0.1) is 6.21 Å². The summed E-state index contributed by atoms with van der Waals surface area (Å²) in [7, 11) is 0. The average Bonchev–Trinajstić information content (AvgIpc) is 2.69. The minimum Gasteiger partial charge on any atom is -0.872 e. The van der Waals surface area contributed by atoms with Crippen molar-refractivity contribution in [1.82, 2.24) is 4.98 Å². The van der Waals surface area contributed by atoms with E-state index in [1.54, 1.807) is 24.5 Å². The van der Waals surface area contributed by atoms with Crippen molar-refractivity contribution in [1.29, 1.82) is 0 Å². The smallest absolute Gasteiger partial charge is 0.872 e. The number of nitrogens with zero attached hydrogens (tertiary/aromatic N) is 1. The summed E-state index contributed by atoms with van der Waals surface area (Å²) in [5.41, 5.74) is 0.641. The summed E-state index contributed by atoms with van der Waals surface area (Å²) in [4.78, 5) is 7.00. The van der Waals surface area contributed by atoms with Gasteiger partial charge in [0.25, 0.3) is 0 Å². The standard InChI is InChI=1S/C10H8N2OS.Li/c13-9-4-2-1-3-8(9)7-12-10-11-5-6-14-10;/h1-7,13H;/q;+1/b12-7+;. The Labute approximate surface area is 104 Å². The fraction of sp³-hybridized carbons (Fsp3) is 0. The molecule has 0 unspecified atom stereocenters. The van der Waals surface area contributed by atoms with Crippen LogP contribution < -0.4 is 29.0 Å². The van der Waals surface area contributed by atoms with Crippen LogP contribution in [0.2, 0.25) is 0 Å². The Morgan fingerprint density at radius 1 is 1.33 bits per heavy atom. The zero-order valence-electron chi connectivity index (χ0n) is 8.31. The normalized spacial score (nSPS) is 10.1. The fourth-order valence-electron chi connectivity index (χ4n) is 1.03. The van der Waals surface area contributed by atoms with E-state index in [2.05, 4.69) is 9.98 Å². The second-order valence-corrected chi connectivity index (χ2v) is 3.56. The van der Waals surface area contributed by atoms with Crippen LogP contribution in [0, 0.1) is 0 Å². The molecule has 0 atom stereocenters. The van der Waals surface area contributed by atoms with Crippen molar-refractivity contribution in [2.24, 2.45) is 0 Å². The van der Waals surface area contributed by atoms with Gasteiger partial charge in [-0.15, -0.1) is 0 Å². The maximum atomic E-state index is 11.3. The first-order valence-corrected chi connectivity index (χ1v) is 4.99. The molecule has 1 aromatic heterocycles.